The molecular formula is C29H30N4O5. The van der Waals surface area contributed by atoms with Crippen LogP contribution in [0.1, 0.15) is 18.4 Å². The van der Waals surface area contributed by atoms with Crippen molar-refractivity contribution in [2.75, 3.05) is 46.3 Å². The Morgan fingerprint density at radius 1 is 0.974 bits per heavy atom. The number of nitrogens with zero attached hydrogens (tertiary/aromatic N) is 3. The molecule has 0 spiro atoms. The van der Waals surface area contributed by atoms with Crippen molar-refractivity contribution in [1.82, 2.24) is 14.9 Å². The maximum absolute atomic E-state index is 12.5. The number of carbonyl (C=O) groups excluding carboxylic acids is 2. The molecule has 5 rings (SSSR count). The lowest BCUT2D eigenvalue weighted by Crippen LogP contribution is -2.32. The first-order valence-electron chi connectivity index (χ1n) is 12.5. The van der Waals surface area contributed by atoms with Crippen molar-refractivity contribution in [2.24, 2.45) is 5.92 Å². The fourth-order valence-electron chi connectivity index (χ4n) is 4.72. The van der Waals surface area contributed by atoms with E-state index in [0.29, 0.717) is 52.4 Å². The third kappa shape index (κ3) is 5.38. The number of ether oxygens (including phenoxy) is 3. The number of allylic oxidation sites excluding steroid dienone is 4. The van der Waals surface area contributed by atoms with Crippen LogP contribution in [-0.2, 0) is 9.59 Å². The van der Waals surface area contributed by atoms with Gasteiger partial charge in [0.05, 0.1) is 26.3 Å². The summed E-state index contributed by atoms with van der Waals surface area (Å²) in [5.41, 5.74) is 2.16. The van der Waals surface area contributed by atoms with Gasteiger partial charge in [0.15, 0.2) is 23.1 Å². The Morgan fingerprint density at radius 3 is 2.53 bits per heavy atom. The van der Waals surface area contributed by atoms with Gasteiger partial charge in [-0.25, -0.2) is 9.97 Å². The van der Waals surface area contributed by atoms with Crippen LogP contribution >= 0.6 is 0 Å². The van der Waals surface area contributed by atoms with E-state index in [1.165, 1.54) is 31.7 Å². The summed E-state index contributed by atoms with van der Waals surface area (Å²) in [6, 6.07) is 9.06. The minimum atomic E-state index is -0.259. The number of carbonyl (C=O) groups is 2. The van der Waals surface area contributed by atoms with E-state index in [9.17, 15) is 9.59 Å². The predicted molar refractivity (Wildman–Crippen MR) is 145 cm³/mol. The van der Waals surface area contributed by atoms with Crippen LogP contribution in [0.3, 0.4) is 0 Å². The van der Waals surface area contributed by atoms with Crippen molar-refractivity contribution in [2.45, 2.75) is 12.8 Å². The van der Waals surface area contributed by atoms with Gasteiger partial charge in [-0.1, -0.05) is 0 Å². The molecule has 2 aliphatic rings. The molecule has 1 N–H and O–H groups in total. The lowest BCUT2D eigenvalue weighted by atomic mass is 9.95. The average molecular weight is 515 g/mol. The SMILES string of the molecule is COc1cc2c(Nc3ccc(OC)c(C4=CC(=O)C=CC4=O)c3)ncnc2cc1OCC1CCN(C)CC1. The number of rotatable bonds is 8. The molecule has 0 unspecified atom stereocenters. The summed E-state index contributed by atoms with van der Waals surface area (Å²) in [5, 5.41) is 4.06. The predicted octanol–water partition coefficient (Wildman–Crippen LogP) is 4.20. The Balaban J connectivity index is 1.43. The quantitative estimate of drug-likeness (QED) is 0.443. The van der Waals surface area contributed by atoms with E-state index in [1.807, 2.05) is 18.2 Å². The molecule has 0 amide bonds. The first-order chi connectivity index (χ1) is 18.4. The molecule has 9 heteroatoms. The highest BCUT2D eigenvalue weighted by atomic mass is 16.5. The van der Waals surface area contributed by atoms with Crippen molar-refractivity contribution in [3.8, 4) is 17.2 Å². The molecule has 196 valence electrons. The maximum atomic E-state index is 12.5. The summed E-state index contributed by atoms with van der Waals surface area (Å²) in [7, 11) is 5.28. The van der Waals surface area contributed by atoms with Crippen LogP contribution in [0.25, 0.3) is 16.5 Å². The lowest BCUT2D eigenvalue weighted by Gasteiger charge is -2.28. The molecule has 0 saturated carbocycles. The molecule has 1 saturated heterocycles. The van der Waals surface area contributed by atoms with Crippen LogP contribution in [0, 0.1) is 5.92 Å². The number of hydrogen-bond acceptors (Lipinski definition) is 9. The van der Waals surface area contributed by atoms with Crippen molar-refractivity contribution in [1.29, 1.82) is 0 Å². The lowest BCUT2D eigenvalue weighted by molar-refractivity contribution is -0.113. The first kappa shape index (κ1) is 25.4. The highest BCUT2D eigenvalue weighted by molar-refractivity contribution is 6.34. The summed E-state index contributed by atoms with van der Waals surface area (Å²) in [4.78, 5) is 35.7. The molecular weight excluding hydrogens is 484 g/mol. The number of anilines is 2. The molecule has 1 aromatic heterocycles. The van der Waals surface area contributed by atoms with E-state index < -0.39 is 0 Å². The zero-order valence-corrected chi connectivity index (χ0v) is 21.7. The number of nitrogens with one attached hydrogen (secondary N) is 1. The summed E-state index contributed by atoms with van der Waals surface area (Å²) in [6.07, 6.45) is 7.56. The molecule has 1 aliphatic heterocycles. The van der Waals surface area contributed by atoms with Gasteiger partial charge in [0.2, 0.25) is 0 Å². The number of fused-ring (bicyclic) bond motifs is 1. The Labute approximate surface area is 221 Å². The normalized spacial score (nSPS) is 16.4. The van der Waals surface area contributed by atoms with Crippen molar-refractivity contribution in [3.05, 3.63) is 60.5 Å². The van der Waals surface area contributed by atoms with Gasteiger partial charge in [0, 0.05) is 28.3 Å². The molecule has 2 heterocycles. The van der Waals surface area contributed by atoms with Crippen LogP contribution in [-0.4, -0.2) is 67.4 Å². The van der Waals surface area contributed by atoms with E-state index in [1.54, 1.807) is 19.2 Å². The number of benzene rings is 2. The smallest absolute Gasteiger partial charge is 0.186 e. The minimum absolute atomic E-state index is 0.247. The summed E-state index contributed by atoms with van der Waals surface area (Å²) in [5.74, 6) is 2.30. The Morgan fingerprint density at radius 2 is 1.76 bits per heavy atom. The largest absolute Gasteiger partial charge is 0.496 e. The van der Waals surface area contributed by atoms with Gasteiger partial charge >= 0.3 is 0 Å². The second kappa shape index (κ2) is 11.0. The number of ketones is 2. The molecule has 0 atom stereocenters. The average Bonchev–Trinajstić information content (AvgIpc) is 2.93. The second-order valence-electron chi connectivity index (χ2n) is 9.50. The number of likely N-dealkylation sites (tertiary alicyclic amines) is 1. The van der Waals surface area contributed by atoms with E-state index in [2.05, 4.69) is 27.2 Å². The summed E-state index contributed by atoms with van der Waals surface area (Å²) >= 11 is 0. The van der Waals surface area contributed by atoms with Gasteiger partial charge in [-0.3, -0.25) is 9.59 Å². The van der Waals surface area contributed by atoms with E-state index in [4.69, 9.17) is 14.2 Å². The fraction of sp³-hybridized carbons (Fsp3) is 0.310. The maximum Gasteiger partial charge on any atom is 0.186 e. The molecule has 3 aromatic rings. The van der Waals surface area contributed by atoms with Crippen LogP contribution in [0.2, 0.25) is 0 Å². The Hall–Kier alpha value is -4.24. The third-order valence-corrected chi connectivity index (χ3v) is 6.94. The Bertz CT molecular complexity index is 1440. The fourth-order valence-corrected chi connectivity index (χ4v) is 4.72. The monoisotopic (exact) mass is 514 g/mol. The first-order valence-corrected chi connectivity index (χ1v) is 12.5. The van der Waals surface area contributed by atoms with Crippen molar-refractivity contribution in [3.63, 3.8) is 0 Å². The molecule has 0 bridgehead atoms. The number of aromatic nitrogens is 2. The second-order valence-corrected chi connectivity index (χ2v) is 9.50. The van der Waals surface area contributed by atoms with Gasteiger partial charge < -0.3 is 24.4 Å². The molecule has 2 aromatic carbocycles. The van der Waals surface area contributed by atoms with Crippen LogP contribution in [0.15, 0.2) is 54.9 Å². The minimum Gasteiger partial charge on any atom is -0.496 e. The van der Waals surface area contributed by atoms with Gasteiger partial charge in [-0.2, -0.15) is 0 Å². The van der Waals surface area contributed by atoms with Crippen molar-refractivity contribution >= 4 is 39.5 Å². The standard InChI is InChI=1S/C29H30N4O5/c1-33-10-8-18(9-11-33)16-38-28-15-24-23(14-27(28)37-3)29(31-17-30-24)32-19-4-7-26(36-2)22(12-19)21-13-20(34)5-6-25(21)35/h4-7,12-15,17-18H,8-11,16H2,1-3H3,(H,30,31,32). The zero-order chi connectivity index (χ0) is 26.6. The molecule has 1 fully saturated rings. The topological polar surface area (TPSA) is 103 Å². The third-order valence-electron chi connectivity index (χ3n) is 6.94. The van der Waals surface area contributed by atoms with Gasteiger partial charge in [0.25, 0.3) is 0 Å². The highest BCUT2D eigenvalue weighted by Crippen LogP contribution is 2.37. The zero-order valence-electron chi connectivity index (χ0n) is 21.7. The summed E-state index contributed by atoms with van der Waals surface area (Å²) in [6.45, 7) is 2.79. The van der Waals surface area contributed by atoms with Crippen LogP contribution in [0.4, 0.5) is 11.5 Å². The number of methoxy groups -OCH3 is 2. The van der Waals surface area contributed by atoms with Crippen LogP contribution in [0.5, 0.6) is 17.2 Å². The molecule has 9 nitrogen and oxygen atoms in total. The van der Waals surface area contributed by atoms with Crippen molar-refractivity contribution < 1.29 is 23.8 Å². The molecule has 0 radical (unpaired) electrons. The van der Waals surface area contributed by atoms with E-state index >= 15 is 0 Å². The number of piperidine rings is 1. The highest BCUT2D eigenvalue weighted by Gasteiger charge is 2.21. The van der Waals surface area contributed by atoms with Gasteiger partial charge in [0.1, 0.15) is 17.9 Å². The Kier molecular flexibility index (Phi) is 7.37. The number of hydrogen-bond donors (Lipinski definition) is 1. The van der Waals surface area contributed by atoms with Crippen LogP contribution < -0.4 is 19.5 Å². The van der Waals surface area contributed by atoms with Gasteiger partial charge in [-0.05, 0) is 81.4 Å². The van der Waals surface area contributed by atoms with E-state index in [-0.39, 0.29) is 17.1 Å². The van der Waals surface area contributed by atoms with E-state index in [0.717, 1.165) is 31.3 Å². The molecule has 1 aliphatic carbocycles. The molecule has 38 heavy (non-hydrogen) atoms. The summed E-state index contributed by atoms with van der Waals surface area (Å²) < 4.78 is 17.3. The van der Waals surface area contributed by atoms with Gasteiger partial charge in [-0.15, -0.1) is 0 Å².